The number of anilines is 1. The van der Waals surface area contributed by atoms with Crippen molar-refractivity contribution in [2.24, 2.45) is 0 Å². The van der Waals surface area contributed by atoms with Crippen molar-refractivity contribution < 1.29 is 14.3 Å². The number of ether oxygens (including phenoxy) is 1. The molecule has 24 heavy (non-hydrogen) atoms. The van der Waals surface area contributed by atoms with Gasteiger partial charge >= 0.3 is 5.97 Å². The van der Waals surface area contributed by atoms with Gasteiger partial charge in [0.05, 0.1) is 12.7 Å². The third-order valence-electron chi connectivity index (χ3n) is 4.29. The molecule has 7 heteroatoms. The number of hydrogen-bond donors (Lipinski definition) is 1. The van der Waals surface area contributed by atoms with E-state index in [0.717, 1.165) is 31.2 Å². The van der Waals surface area contributed by atoms with Crippen molar-refractivity contribution in [2.75, 3.05) is 12.4 Å². The van der Waals surface area contributed by atoms with Crippen molar-refractivity contribution in [3.05, 3.63) is 34.0 Å². The van der Waals surface area contributed by atoms with Crippen molar-refractivity contribution in [1.29, 1.82) is 0 Å². The number of carbonyl (C=O) groups excluding carboxylic acids is 2. The van der Waals surface area contributed by atoms with Crippen molar-refractivity contribution >= 4 is 28.2 Å². The van der Waals surface area contributed by atoms with Crippen molar-refractivity contribution in [1.82, 2.24) is 9.78 Å². The molecule has 2 aromatic rings. The van der Waals surface area contributed by atoms with Crippen LogP contribution >= 0.6 is 11.3 Å². The van der Waals surface area contributed by atoms with Gasteiger partial charge in [-0.3, -0.25) is 9.48 Å². The van der Waals surface area contributed by atoms with E-state index in [1.54, 1.807) is 16.9 Å². The highest BCUT2D eigenvalue weighted by atomic mass is 32.1. The number of thiophene rings is 1. The monoisotopic (exact) mass is 347 g/mol. The van der Waals surface area contributed by atoms with Crippen LogP contribution in [0.2, 0.25) is 0 Å². The molecule has 0 saturated carbocycles. The highest BCUT2D eigenvalue weighted by Crippen LogP contribution is 2.38. The molecule has 0 aliphatic heterocycles. The number of aromatic nitrogens is 2. The van der Waals surface area contributed by atoms with E-state index in [1.807, 2.05) is 6.92 Å². The molecule has 1 aliphatic carbocycles. The number of amides is 1. The summed E-state index contributed by atoms with van der Waals surface area (Å²) in [6, 6.07) is 1.68. The molecule has 3 rings (SSSR count). The van der Waals surface area contributed by atoms with Crippen LogP contribution in [-0.4, -0.2) is 28.8 Å². The zero-order valence-corrected chi connectivity index (χ0v) is 14.7. The molecule has 128 valence electrons. The molecule has 0 atom stereocenters. The summed E-state index contributed by atoms with van der Waals surface area (Å²) >= 11 is 1.50. The quantitative estimate of drug-likeness (QED) is 0.680. The Morgan fingerprint density at radius 2 is 2.12 bits per heavy atom. The summed E-state index contributed by atoms with van der Waals surface area (Å²) in [7, 11) is 1.38. The molecule has 0 saturated heterocycles. The number of rotatable bonds is 4. The molecule has 0 unspecified atom stereocenters. The second-order valence-electron chi connectivity index (χ2n) is 5.75. The Morgan fingerprint density at radius 3 is 2.88 bits per heavy atom. The van der Waals surface area contributed by atoms with Crippen molar-refractivity contribution in [3.8, 4) is 0 Å². The summed E-state index contributed by atoms with van der Waals surface area (Å²) in [6.45, 7) is 2.54. The first-order chi connectivity index (χ1) is 11.7. The smallest absolute Gasteiger partial charge is 0.341 e. The van der Waals surface area contributed by atoms with Gasteiger partial charge in [-0.25, -0.2) is 4.79 Å². The minimum absolute atomic E-state index is 0.254. The van der Waals surface area contributed by atoms with E-state index in [4.69, 9.17) is 4.74 Å². The van der Waals surface area contributed by atoms with Crippen LogP contribution in [0, 0.1) is 0 Å². The summed E-state index contributed by atoms with van der Waals surface area (Å²) in [5, 5.41) is 7.60. The molecule has 2 aromatic heterocycles. The van der Waals surface area contributed by atoms with E-state index in [1.165, 1.54) is 29.7 Å². The molecule has 2 heterocycles. The Hall–Kier alpha value is -2.15. The molecule has 6 nitrogen and oxygen atoms in total. The van der Waals surface area contributed by atoms with Crippen molar-refractivity contribution in [3.63, 3.8) is 0 Å². The minimum Gasteiger partial charge on any atom is -0.465 e. The maximum Gasteiger partial charge on any atom is 0.341 e. The highest BCUT2D eigenvalue weighted by molar-refractivity contribution is 7.17. The Labute approximate surface area is 144 Å². The maximum absolute atomic E-state index is 12.6. The van der Waals surface area contributed by atoms with Crippen LogP contribution in [0.25, 0.3) is 0 Å². The van der Waals surface area contributed by atoms with Gasteiger partial charge in [0, 0.05) is 17.6 Å². The van der Waals surface area contributed by atoms with E-state index >= 15 is 0 Å². The summed E-state index contributed by atoms with van der Waals surface area (Å²) in [4.78, 5) is 26.1. The fourth-order valence-electron chi connectivity index (χ4n) is 3.09. The van der Waals surface area contributed by atoms with Gasteiger partial charge in [-0.1, -0.05) is 6.42 Å². The lowest BCUT2D eigenvalue weighted by Gasteiger charge is -2.08. The van der Waals surface area contributed by atoms with Crippen LogP contribution in [0.3, 0.4) is 0 Å². The average Bonchev–Trinajstić information content (AvgIpc) is 3.12. The lowest BCUT2D eigenvalue weighted by molar-refractivity contribution is 0.0601. The second-order valence-corrected chi connectivity index (χ2v) is 6.85. The molecule has 1 N–H and O–H groups in total. The van der Waals surface area contributed by atoms with Crippen LogP contribution < -0.4 is 5.32 Å². The largest absolute Gasteiger partial charge is 0.465 e. The lowest BCUT2D eigenvalue weighted by atomic mass is 10.1. The molecule has 1 aliphatic rings. The summed E-state index contributed by atoms with van der Waals surface area (Å²) < 4.78 is 6.59. The topological polar surface area (TPSA) is 73.2 Å². The van der Waals surface area contributed by atoms with Crippen LogP contribution in [0.15, 0.2) is 12.3 Å². The first kappa shape index (κ1) is 16.7. The van der Waals surface area contributed by atoms with Gasteiger partial charge in [0.1, 0.15) is 10.7 Å². The van der Waals surface area contributed by atoms with Gasteiger partial charge in [0.2, 0.25) is 0 Å². The predicted molar refractivity (Wildman–Crippen MR) is 92.8 cm³/mol. The Balaban J connectivity index is 1.95. The number of fused-ring (bicyclic) bond motifs is 1. The van der Waals surface area contributed by atoms with Gasteiger partial charge in [-0.15, -0.1) is 11.3 Å². The Morgan fingerprint density at radius 1 is 1.33 bits per heavy atom. The average molecular weight is 347 g/mol. The van der Waals surface area contributed by atoms with E-state index in [9.17, 15) is 9.59 Å². The Bertz CT molecular complexity index is 763. The molecular formula is C17H21N3O3S. The normalized spacial score (nSPS) is 13.9. The van der Waals surface area contributed by atoms with Gasteiger partial charge in [0.15, 0.2) is 0 Å². The number of aryl methyl sites for hydroxylation is 2. The maximum atomic E-state index is 12.6. The van der Waals surface area contributed by atoms with Gasteiger partial charge < -0.3 is 10.1 Å². The number of hydrogen-bond acceptors (Lipinski definition) is 5. The highest BCUT2D eigenvalue weighted by Gasteiger charge is 2.27. The summed E-state index contributed by atoms with van der Waals surface area (Å²) in [5.41, 5.74) is 2.05. The number of nitrogens with zero attached hydrogens (tertiary/aromatic N) is 2. The molecule has 0 aromatic carbocycles. The number of esters is 1. The zero-order chi connectivity index (χ0) is 17.1. The van der Waals surface area contributed by atoms with Crippen LogP contribution in [0.5, 0.6) is 0 Å². The molecule has 0 fully saturated rings. The van der Waals surface area contributed by atoms with E-state index in [2.05, 4.69) is 10.4 Å². The fraction of sp³-hybridized carbons (Fsp3) is 0.471. The van der Waals surface area contributed by atoms with Gasteiger partial charge in [0.25, 0.3) is 5.91 Å². The first-order valence-corrected chi connectivity index (χ1v) is 9.03. The van der Waals surface area contributed by atoms with Crippen LogP contribution in [0.1, 0.15) is 57.5 Å². The second kappa shape index (κ2) is 7.17. The number of carbonyl (C=O) groups is 2. The third-order valence-corrected chi connectivity index (χ3v) is 5.49. The standard InChI is InChI=1S/C17H21N3O3S/c1-3-20-12(9-10-18-20)15(21)19-16-14(17(22)23-2)11-7-5-4-6-8-13(11)24-16/h9-10H,3-8H2,1-2H3,(H,19,21). The number of nitrogens with one attached hydrogen (secondary N) is 1. The van der Waals surface area contributed by atoms with Crippen LogP contribution in [0.4, 0.5) is 5.00 Å². The van der Waals surface area contributed by atoms with Gasteiger partial charge in [-0.2, -0.15) is 5.10 Å². The number of methoxy groups -OCH3 is 1. The third kappa shape index (κ3) is 3.08. The van der Waals surface area contributed by atoms with E-state index < -0.39 is 0 Å². The SMILES string of the molecule is CCn1nccc1C(=O)Nc1sc2c(c1C(=O)OC)CCCCC2. The predicted octanol–water partition coefficient (Wildman–Crippen LogP) is 3.27. The van der Waals surface area contributed by atoms with Crippen molar-refractivity contribution in [2.45, 2.75) is 45.6 Å². The summed E-state index contributed by atoms with van der Waals surface area (Å²) in [5.74, 6) is -0.635. The molecule has 0 bridgehead atoms. The zero-order valence-electron chi connectivity index (χ0n) is 13.9. The molecular weight excluding hydrogens is 326 g/mol. The first-order valence-electron chi connectivity index (χ1n) is 8.21. The Kier molecular flexibility index (Phi) is 4.99. The van der Waals surface area contributed by atoms with E-state index in [0.29, 0.717) is 22.8 Å². The van der Waals surface area contributed by atoms with Crippen LogP contribution in [-0.2, 0) is 24.1 Å². The summed E-state index contributed by atoms with van der Waals surface area (Å²) in [6.07, 6.45) is 6.75. The van der Waals surface area contributed by atoms with Gasteiger partial charge in [-0.05, 0) is 44.2 Å². The minimum atomic E-state index is -0.381. The fourth-order valence-corrected chi connectivity index (χ4v) is 4.37. The molecule has 0 radical (unpaired) electrons. The molecule has 1 amide bonds. The lowest BCUT2D eigenvalue weighted by Crippen LogP contribution is -2.18. The van der Waals surface area contributed by atoms with E-state index in [-0.39, 0.29) is 11.9 Å². The molecule has 0 spiro atoms.